The zero-order valence-electron chi connectivity index (χ0n) is 10.8. The number of alkyl halides is 3. The Balaban J connectivity index is 2.87. The van der Waals surface area contributed by atoms with E-state index >= 15 is 0 Å². The van der Waals surface area contributed by atoms with Gasteiger partial charge in [-0.3, -0.25) is 4.79 Å². The smallest absolute Gasteiger partial charge is 0.416 e. The van der Waals surface area contributed by atoms with E-state index in [1.165, 1.54) is 6.07 Å². The minimum Gasteiger partial charge on any atom is -0.480 e. The first kappa shape index (κ1) is 17.3. The first-order valence-electron chi connectivity index (χ1n) is 5.71. The van der Waals surface area contributed by atoms with E-state index in [4.69, 9.17) is 5.11 Å². The van der Waals surface area contributed by atoms with Gasteiger partial charge in [0.2, 0.25) is 5.91 Å². The summed E-state index contributed by atoms with van der Waals surface area (Å²) in [4.78, 5) is 21.8. The summed E-state index contributed by atoms with van der Waals surface area (Å²) >= 11 is 3.07. The van der Waals surface area contributed by atoms with Crippen LogP contribution in [-0.4, -0.2) is 29.6 Å². The topological polar surface area (TPSA) is 78.4 Å². The molecule has 1 amide bonds. The van der Waals surface area contributed by atoms with Gasteiger partial charge in [0.15, 0.2) is 0 Å². The molecule has 0 aliphatic rings. The number of hydrogen-bond donors (Lipinski definition) is 3. The number of hydrogen-bond acceptors (Lipinski definition) is 3. The molecular formula is C12H12BrF3N2O3. The lowest BCUT2D eigenvalue weighted by Gasteiger charge is -2.17. The van der Waals surface area contributed by atoms with Crippen LogP contribution in [0.3, 0.4) is 0 Å². The number of anilines is 1. The van der Waals surface area contributed by atoms with Gasteiger partial charge in [0.25, 0.3) is 0 Å². The number of carboxylic acid groups (broad SMARTS) is 1. The molecule has 0 bridgehead atoms. The van der Waals surface area contributed by atoms with E-state index < -0.39 is 29.7 Å². The van der Waals surface area contributed by atoms with Gasteiger partial charge in [0, 0.05) is 23.6 Å². The third-order valence-corrected chi connectivity index (χ3v) is 3.16. The molecule has 0 saturated carbocycles. The second-order valence-corrected chi connectivity index (χ2v) is 5.02. The average molecular weight is 369 g/mol. The largest absolute Gasteiger partial charge is 0.480 e. The molecule has 0 aliphatic carbocycles. The zero-order chi connectivity index (χ0) is 16.2. The molecule has 9 heteroatoms. The average Bonchev–Trinajstić information content (AvgIpc) is 2.33. The van der Waals surface area contributed by atoms with Crippen molar-refractivity contribution in [2.45, 2.75) is 19.1 Å². The Kier molecular flexibility index (Phi) is 5.59. The van der Waals surface area contributed by atoms with Crippen molar-refractivity contribution in [1.82, 2.24) is 5.32 Å². The minimum atomic E-state index is -4.50. The van der Waals surface area contributed by atoms with Crippen molar-refractivity contribution in [3.05, 3.63) is 28.2 Å². The molecule has 1 unspecified atom stereocenters. The van der Waals surface area contributed by atoms with Gasteiger partial charge in [-0.05, 0) is 34.1 Å². The third-order valence-electron chi connectivity index (χ3n) is 2.47. The molecule has 21 heavy (non-hydrogen) atoms. The summed E-state index contributed by atoms with van der Waals surface area (Å²) in [6.07, 6.45) is -4.50. The van der Waals surface area contributed by atoms with Crippen LogP contribution >= 0.6 is 15.9 Å². The number of amides is 1. The third kappa shape index (κ3) is 5.25. The van der Waals surface area contributed by atoms with Gasteiger partial charge in [-0.25, -0.2) is 4.79 Å². The number of benzene rings is 1. The van der Waals surface area contributed by atoms with E-state index in [0.717, 1.165) is 19.1 Å². The molecule has 0 heterocycles. The second-order valence-electron chi connectivity index (χ2n) is 4.16. The van der Waals surface area contributed by atoms with E-state index in [0.29, 0.717) is 4.47 Å². The predicted molar refractivity (Wildman–Crippen MR) is 72.9 cm³/mol. The van der Waals surface area contributed by atoms with Crippen molar-refractivity contribution < 1.29 is 27.9 Å². The second kappa shape index (κ2) is 6.79. The molecule has 0 radical (unpaired) electrons. The highest BCUT2D eigenvalue weighted by Gasteiger charge is 2.31. The molecule has 3 N–H and O–H groups in total. The molecule has 0 spiro atoms. The molecule has 1 aromatic rings. The molecule has 1 atom stereocenters. The summed E-state index contributed by atoms with van der Waals surface area (Å²) in [5, 5.41) is 13.7. The van der Waals surface area contributed by atoms with Crippen LogP contribution in [-0.2, 0) is 15.8 Å². The van der Waals surface area contributed by atoms with Gasteiger partial charge < -0.3 is 15.7 Å². The fraction of sp³-hybridized carbons (Fsp3) is 0.333. The summed E-state index contributed by atoms with van der Waals surface area (Å²) < 4.78 is 38.2. The van der Waals surface area contributed by atoms with Crippen molar-refractivity contribution in [3.63, 3.8) is 0 Å². The molecule has 1 aromatic carbocycles. The number of rotatable bonds is 5. The number of halogens is 4. The lowest BCUT2D eigenvalue weighted by Crippen LogP contribution is -2.44. The number of carboxylic acids is 1. The Bertz CT molecular complexity index is 549. The molecule has 1 rings (SSSR count). The molecular weight excluding hydrogens is 357 g/mol. The molecule has 0 aliphatic heterocycles. The van der Waals surface area contributed by atoms with Gasteiger partial charge in [-0.1, -0.05) is 0 Å². The molecule has 0 saturated heterocycles. The van der Waals surface area contributed by atoms with Crippen LogP contribution in [0.25, 0.3) is 0 Å². The van der Waals surface area contributed by atoms with Crippen LogP contribution in [0.5, 0.6) is 0 Å². The first-order chi connectivity index (χ1) is 9.61. The van der Waals surface area contributed by atoms with Gasteiger partial charge in [0.05, 0.1) is 5.56 Å². The molecule has 0 aromatic heterocycles. The highest BCUT2D eigenvalue weighted by molar-refractivity contribution is 9.10. The van der Waals surface area contributed by atoms with Crippen LogP contribution in [0.4, 0.5) is 18.9 Å². The van der Waals surface area contributed by atoms with E-state index in [-0.39, 0.29) is 12.2 Å². The van der Waals surface area contributed by atoms with Gasteiger partial charge in [0.1, 0.15) is 6.04 Å². The predicted octanol–water partition coefficient (Wildman–Crippen LogP) is 2.47. The fourth-order valence-electron chi connectivity index (χ4n) is 1.49. The number of carbonyl (C=O) groups is 2. The van der Waals surface area contributed by atoms with E-state index in [1.54, 1.807) is 0 Å². The summed E-state index contributed by atoms with van der Waals surface area (Å²) in [5.41, 5.74) is -0.777. The van der Waals surface area contributed by atoms with Crippen LogP contribution in [0, 0.1) is 0 Å². The van der Waals surface area contributed by atoms with E-state index in [1.807, 2.05) is 0 Å². The lowest BCUT2D eigenvalue weighted by atomic mass is 10.2. The Morgan fingerprint density at radius 1 is 1.38 bits per heavy atom. The minimum absolute atomic E-state index is 0.0847. The normalized spacial score (nSPS) is 12.6. The Morgan fingerprint density at radius 2 is 2.00 bits per heavy atom. The molecule has 0 fully saturated rings. The van der Waals surface area contributed by atoms with Crippen molar-refractivity contribution in [1.29, 1.82) is 0 Å². The quantitative estimate of drug-likeness (QED) is 0.745. The number of carbonyl (C=O) groups excluding carboxylic acids is 1. The fourth-order valence-corrected chi connectivity index (χ4v) is 1.88. The summed E-state index contributed by atoms with van der Waals surface area (Å²) in [6, 6.07) is 1.72. The van der Waals surface area contributed by atoms with E-state index in [2.05, 4.69) is 26.6 Å². The van der Waals surface area contributed by atoms with Gasteiger partial charge >= 0.3 is 12.1 Å². The summed E-state index contributed by atoms with van der Waals surface area (Å²) in [5.74, 6) is -1.84. The molecule has 5 nitrogen and oxygen atoms in total. The Hall–Kier alpha value is -1.77. The number of aliphatic carboxylic acids is 1. The lowest BCUT2D eigenvalue weighted by molar-refractivity contribution is -0.141. The van der Waals surface area contributed by atoms with Crippen molar-refractivity contribution in [2.24, 2.45) is 0 Å². The van der Waals surface area contributed by atoms with Crippen LogP contribution in [0.1, 0.15) is 12.5 Å². The monoisotopic (exact) mass is 368 g/mol. The highest BCUT2D eigenvalue weighted by Crippen LogP contribution is 2.33. The maximum atomic E-state index is 12.6. The molecule has 116 valence electrons. The maximum absolute atomic E-state index is 12.6. The first-order valence-corrected chi connectivity index (χ1v) is 6.51. The van der Waals surface area contributed by atoms with Gasteiger partial charge in [-0.15, -0.1) is 0 Å². The van der Waals surface area contributed by atoms with Crippen molar-refractivity contribution in [3.8, 4) is 0 Å². The summed E-state index contributed by atoms with van der Waals surface area (Å²) in [7, 11) is 0. The standard InChI is InChI=1S/C12H12BrF3N2O3/c1-6(19)18-10(11(20)21)5-17-9-4-7(12(14,15)16)2-3-8(9)13/h2-4,10,17H,5H2,1H3,(H,18,19)(H,20,21). The van der Waals surface area contributed by atoms with Gasteiger partial charge in [-0.2, -0.15) is 13.2 Å². The summed E-state index contributed by atoms with van der Waals surface area (Å²) in [6.45, 7) is 0.894. The van der Waals surface area contributed by atoms with Crippen LogP contribution < -0.4 is 10.6 Å². The zero-order valence-corrected chi connectivity index (χ0v) is 12.4. The maximum Gasteiger partial charge on any atom is 0.416 e. The van der Waals surface area contributed by atoms with Crippen LogP contribution in [0.15, 0.2) is 22.7 Å². The Morgan fingerprint density at radius 3 is 2.48 bits per heavy atom. The van der Waals surface area contributed by atoms with E-state index in [9.17, 15) is 22.8 Å². The van der Waals surface area contributed by atoms with Crippen molar-refractivity contribution >= 4 is 33.5 Å². The van der Waals surface area contributed by atoms with Crippen LogP contribution in [0.2, 0.25) is 0 Å². The van der Waals surface area contributed by atoms with Crippen molar-refractivity contribution in [2.75, 3.05) is 11.9 Å². The SMILES string of the molecule is CC(=O)NC(CNc1cc(C(F)(F)F)ccc1Br)C(=O)O. The highest BCUT2D eigenvalue weighted by atomic mass is 79.9. The Labute approximate surface area is 126 Å². The number of nitrogens with one attached hydrogen (secondary N) is 2.